The van der Waals surface area contributed by atoms with E-state index in [9.17, 15) is 9.59 Å². The van der Waals surface area contributed by atoms with Gasteiger partial charge in [-0.05, 0) is 31.5 Å². The molecule has 2 aliphatic rings. The molecule has 0 bridgehead atoms. The van der Waals surface area contributed by atoms with E-state index < -0.39 is 12.1 Å². The van der Waals surface area contributed by atoms with Crippen molar-refractivity contribution in [2.75, 3.05) is 33.4 Å². The summed E-state index contributed by atoms with van der Waals surface area (Å²) in [4.78, 5) is 26.4. The van der Waals surface area contributed by atoms with Crippen molar-refractivity contribution in [1.82, 2.24) is 15.5 Å². The molecule has 7 nitrogen and oxygen atoms in total. The van der Waals surface area contributed by atoms with Gasteiger partial charge in [-0.15, -0.1) is 0 Å². The second-order valence-electron chi connectivity index (χ2n) is 6.36. The highest BCUT2D eigenvalue weighted by molar-refractivity contribution is 5.97. The Bertz CT molecular complexity index is 581. The topological polar surface area (TPSA) is 79.9 Å². The van der Waals surface area contributed by atoms with E-state index in [1.54, 1.807) is 0 Å². The van der Waals surface area contributed by atoms with E-state index >= 15 is 0 Å². The van der Waals surface area contributed by atoms with E-state index in [1.807, 2.05) is 30.3 Å². The predicted molar refractivity (Wildman–Crippen MR) is 91.8 cm³/mol. The first-order valence-corrected chi connectivity index (χ1v) is 8.74. The van der Waals surface area contributed by atoms with Crippen molar-refractivity contribution in [3.05, 3.63) is 35.9 Å². The van der Waals surface area contributed by atoms with Crippen LogP contribution in [0.4, 0.5) is 4.79 Å². The second kappa shape index (κ2) is 8.42. The first-order chi connectivity index (χ1) is 12.2. The molecule has 2 fully saturated rings. The normalized spacial score (nSPS) is 21.0. The molecule has 136 valence electrons. The van der Waals surface area contributed by atoms with Gasteiger partial charge in [0.1, 0.15) is 6.04 Å². The molecule has 1 unspecified atom stereocenters. The molecular weight excluding hydrogens is 322 g/mol. The minimum absolute atomic E-state index is 0.114. The van der Waals surface area contributed by atoms with Crippen LogP contribution in [0.3, 0.4) is 0 Å². The Balaban J connectivity index is 1.69. The SMILES string of the molecule is CNC(=O)NC(=O)C(c1ccccc1)N1CCC(C2OCCO2)CC1. The van der Waals surface area contributed by atoms with Crippen LogP contribution >= 0.6 is 0 Å². The van der Waals surface area contributed by atoms with Crippen molar-refractivity contribution >= 4 is 11.9 Å². The zero-order chi connectivity index (χ0) is 17.6. The Morgan fingerprint density at radius 2 is 1.76 bits per heavy atom. The number of ether oxygens (including phenoxy) is 2. The molecule has 7 heteroatoms. The van der Waals surface area contributed by atoms with Crippen LogP contribution in [-0.2, 0) is 14.3 Å². The number of piperidine rings is 1. The van der Waals surface area contributed by atoms with Gasteiger partial charge in [-0.25, -0.2) is 4.79 Å². The Kier molecular flexibility index (Phi) is 6.01. The summed E-state index contributed by atoms with van der Waals surface area (Å²) >= 11 is 0. The number of hydrogen-bond acceptors (Lipinski definition) is 5. The van der Waals surface area contributed by atoms with Gasteiger partial charge in [-0.3, -0.25) is 15.0 Å². The maximum atomic E-state index is 12.7. The largest absolute Gasteiger partial charge is 0.350 e. The van der Waals surface area contributed by atoms with E-state index in [0.29, 0.717) is 19.1 Å². The first-order valence-electron chi connectivity index (χ1n) is 8.74. The Morgan fingerprint density at radius 3 is 2.36 bits per heavy atom. The molecule has 25 heavy (non-hydrogen) atoms. The van der Waals surface area contributed by atoms with E-state index in [1.165, 1.54) is 7.05 Å². The first kappa shape index (κ1) is 17.8. The number of hydrogen-bond donors (Lipinski definition) is 2. The van der Waals surface area contributed by atoms with E-state index in [4.69, 9.17) is 9.47 Å². The standard InChI is InChI=1S/C18H25N3O4/c1-19-18(23)20-16(22)15(13-5-3-2-4-6-13)21-9-7-14(8-10-21)17-24-11-12-25-17/h2-6,14-15,17H,7-12H2,1H3,(H2,19,20,22,23). The van der Waals surface area contributed by atoms with Crippen molar-refractivity contribution in [3.8, 4) is 0 Å². The Labute approximate surface area is 147 Å². The lowest BCUT2D eigenvalue weighted by atomic mass is 9.93. The molecule has 2 aliphatic heterocycles. The minimum Gasteiger partial charge on any atom is -0.350 e. The Hall–Kier alpha value is -1.96. The summed E-state index contributed by atoms with van der Waals surface area (Å²) in [6.07, 6.45) is 1.69. The highest BCUT2D eigenvalue weighted by Crippen LogP contribution is 2.30. The number of carbonyl (C=O) groups is 2. The third kappa shape index (κ3) is 4.36. The molecule has 3 rings (SSSR count). The monoisotopic (exact) mass is 347 g/mol. The third-order valence-corrected chi connectivity index (χ3v) is 4.80. The lowest BCUT2D eigenvalue weighted by Gasteiger charge is -2.38. The van der Waals surface area contributed by atoms with Crippen LogP contribution in [-0.4, -0.2) is 56.5 Å². The highest BCUT2D eigenvalue weighted by atomic mass is 16.7. The van der Waals surface area contributed by atoms with Crippen LogP contribution in [0.15, 0.2) is 30.3 Å². The average molecular weight is 347 g/mol. The van der Waals surface area contributed by atoms with Gasteiger partial charge in [0.2, 0.25) is 5.91 Å². The van der Waals surface area contributed by atoms with Gasteiger partial charge >= 0.3 is 6.03 Å². The fourth-order valence-corrected chi connectivity index (χ4v) is 3.50. The molecule has 0 aromatic heterocycles. The van der Waals surface area contributed by atoms with Crippen molar-refractivity contribution in [2.24, 2.45) is 5.92 Å². The van der Waals surface area contributed by atoms with Crippen molar-refractivity contribution < 1.29 is 19.1 Å². The molecular formula is C18H25N3O4. The number of urea groups is 1. The molecule has 2 N–H and O–H groups in total. The summed E-state index contributed by atoms with van der Waals surface area (Å²) in [6.45, 7) is 2.83. The summed E-state index contributed by atoms with van der Waals surface area (Å²) in [5.41, 5.74) is 0.885. The summed E-state index contributed by atoms with van der Waals surface area (Å²) in [5, 5.41) is 4.84. The zero-order valence-corrected chi connectivity index (χ0v) is 14.4. The van der Waals surface area contributed by atoms with Gasteiger partial charge in [0, 0.05) is 13.0 Å². The van der Waals surface area contributed by atoms with Crippen LogP contribution in [0, 0.1) is 5.92 Å². The minimum atomic E-state index is -0.492. The van der Waals surface area contributed by atoms with Gasteiger partial charge in [0.25, 0.3) is 0 Å². The number of nitrogens with one attached hydrogen (secondary N) is 2. The number of carbonyl (C=O) groups excluding carboxylic acids is 2. The molecule has 2 saturated heterocycles. The molecule has 1 aromatic rings. The molecule has 0 radical (unpaired) electrons. The second-order valence-corrected chi connectivity index (χ2v) is 6.36. The Morgan fingerprint density at radius 1 is 1.12 bits per heavy atom. The molecule has 1 atom stereocenters. The smallest absolute Gasteiger partial charge is 0.321 e. The lowest BCUT2D eigenvalue weighted by molar-refractivity contribution is -0.128. The number of amides is 3. The van der Waals surface area contributed by atoms with E-state index in [2.05, 4.69) is 15.5 Å². The molecule has 0 spiro atoms. The summed E-state index contributed by atoms with van der Waals surface area (Å²) in [7, 11) is 1.49. The van der Waals surface area contributed by atoms with Gasteiger partial charge in [-0.1, -0.05) is 30.3 Å². The molecule has 0 saturated carbocycles. The quantitative estimate of drug-likeness (QED) is 0.857. The maximum absolute atomic E-state index is 12.7. The number of nitrogens with zero attached hydrogens (tertiary/aromatic N) is 1. The van der Waals surface area contributed by atoms with Crippen LogP contribution in [0.1, 0.15) is 24.4 Å². The van der Waals surface area contributed by atoms with Gasteiger partial charge in [0.15, 0.2) is 6.29 Å². The van der Waals surface area contributed by atoms with Gasteiger partial charge in [-0.2, -0.15) is 0 Å². The van der Waals surface area contributed by atoms with Crippen molar-refractivity contribution in [2.45, 2.75) is 25.2 Å². The number of rotatable bonds is 4. The number of imide groups is 1. The van der Waals surface area contributed by atoms with Crippen LogP contribution in [0.5, 0.6) is 0 Å². The third-order valence-electron chi connectivity index (χ3n) is 4.80. The summed E-state index contributed by atoms with van der Waals surface area (Å²) in [6, 6.07) is 8.59. The summed E-state index contributed by atoms with van der Waals surface area (Å²) in [5.74, 6) is 0.0505. The summed E-state index contributed by atoms with van der Waals surface area (Å²) < 4.78 is 11.2. The molecule has 1 aromatic carbocycles. The van der Waals surface area contributed by atoms with E-state index in [-0.39, 0.29) is 12.2 Å². The van der Waals surface area contributed by atoms with Crippen LogP contribution in [0.25, 0.3) is 0 Å². The van der Waals surface area contributed by atoms with Gasteiger partial charge in [0.05, 0.1) is 13.2 Å². The van der Waals surface area contributed by atoms with Crippen molar-refractivity contribution in [3.63, 3.8) is 0 Å². The van der Waals surface area contributed by atoms with Crippen LogP contribution in [0.2, 0.25) is 0 Å². The fourth-order valence-electron chi connectivity index (χ4n) is 3.50. The highest BCUT2D eigenvalue weighted by Gasteiger charge is 2.35. The fraction of sp³-hybridized carbons (Fsp3) is 0.556. The number of likely N-dealkylation sites (tertiary alicyclic amines) is 1. The molecule has 2 heterocycles. The number of benzene rings is 1. The van der Waals surface area contributed by atoms with Gasteiger partial charge < -0.3 is 14.8 Å². The maximum Gasteiger partial charge on any atom is 0.321 e. The zero-order valence-electron chi connectivity index (χ0n) is 14.4. The van der Waals surface area contributed by atoms with E-state index in [0.717, 1.165) is 31.5 Å². The van der Waals surface area contributed by atoms with Crippen molar-refractivity contribution in [1.29, 1.82) is 0 Å². The molecule has 3 amide bonds. The average Bonchev–Trinajstić information content (AvgIpc) is 3.18. The predicted octanol–water partition coefficient (Wildman–Crippen LogP) is 1.27. The van der Waals surface area contributed by atoms with Crippen LogP contribution < -0.4 is 10.6 Å². The molecule has 0 aliphatic carbocycles. The lowest BCUT2D eigenvalue weighted by Crippen LogP contribution is -2.48.